The summed E-state index contributed by atoms with van der Waals surface area (Å²) in [5.74, 6) is 0.794. The number of hydrogen-bond donors (Lipinski definition) is 2. The largest absolute Gasteiger partial charge is 0.493 e. The third-order valence-corrected chi connectivity index (χ3v) is 4.68. The Labute approximate surface area is 172 Å². The number of aliphatic hydroxyl groups excluding tert-OH is 1. The molecule has 2 aromatic carbocycles. The zero-order valence-corrected chi connectivity index (χ0v) is 16.4. The summed E-state index contributed by atoms with van der Waals surface area (Å²) in [6.45, 7) is 0. The first-order valence-corrected chi connectivity index (χ1v) is 9.21. The topological polar surface area (TPSA) is 98.0 Å². The highest BCUT2D eigenvalue weighted by Gasteiger charge is 2.15. The quantitative estimate of drug-likeness (QED) is 0.513. The van der Waals surface area contributed by atoms with Crippen molar-refractivity contribution in [3.8, 4) is 11.5 Å². The van der Waals surface area contributed by atoms with Crippen LogP contribution in [0, 0.1) is 0 Å². The van der Waals surface area contributed by atoms with E-state index >= 15 is 0 Å². The molecule has 0 saturated heterocycles. The summed E-state index contributed by atoms with van der Waals surface area (Å²) >= 11 is 0. The number of ether oxygens (including phenoxy) is 2. The van der Waals surface area contributed by atoms with Gasteiger partial charge in [0.25, 0.3) is 5.91 Å². The molecule has 0 aliphatic heterocycles. The van der Waals surface area contributed by atoms with Gasteiger partial charge in [-0.1, -0.05) is 18.2 Å². The van der Waals surface area contributed by atoms with Gasteiger partial charge in [0.05, 0.1) is 14.2 Å². The number of methoxy groups -OCH3 is 2. The van der Waals surface area contributed by atoms with Gasteiger partial charge in [-0.15, -0.1) is 0 Å². The van der Waals surface area contributed by atoms with Crippen LogP contribution in [0.3, 0.4) is 0 Å². The fourth-order valence-corrected chi connectivity index (χ4v) is 3.10. The first-order valence-electron chi connectivity index (χ1n) is 9.21. The molecule has 2 N–H and O–H groups in total. The molecule has 0 radical (unpaired) electrons. The predicted molar refractivity (Wildman–Crippen MR) is 111 cm³/mol. The fraction of sp³-hybridized carbons (Fsp3) is 0.136. The molecular formula is C22H20N4O4. The Kier molecular flexibility index (Phi) is 5.32. The molecule has 0 spiro atoms. The van der Waals surface area contributed by atoms with E-state index in [9.17, 15) is 9.90 Å². The van der Waals surface area contributed by atoms with Crippen LogP contribution in [-0.2, 0) is 0 Å². The smallest absolute Gasteiger partial charge is 0.276 e. The SMILES string of the molecule is COc1ccc(C(O)c2ccc(NC(=O)c3cc4ncccn4n3)cc2)cc1OC. The van der Waals surface area contributed by atoms with Crippen LogP contribution in [0.2, 0.25) is 0 Å². The van der Waals surface area contributed by atoms with Crippen LogP contribution in [0.25, 0.3) is 5.65 Å². The molecular weight excluding hydrogens is 384 g/mol. The van der Waals surface area contributed by atoms with Crippen molar-refractivity contribution in [1.82, 2.24) is 14.6 Å². The van der Waals surface area contributed by atoms with Crippen molar-refractivity contribution in [3.63, 3.8) is 0 Å². The molecule has 8 heteroatoms. The van der Waals surface area contributed by atoms with E-state index in [4.69, 9.17) is 9.47 Å². The minimum absolute atomic E-state index is 0.267. The molecule has 30 heavy (non-hydrogen) atoms. The number of amides is 1. The zero-order valence-electron chi connectivity index (χ0n) is 16.4. The number of fused-ring (bicyclic) bond motifs is 1. The standard InChI is InChI=1S/C22H20N4O4/c1-29-18-9-6-15(12-19(18)30-2)21(27)14-4-7-16(8-5-14)24-22(28)17-13-20-23-10-3-11-26(20)25-17/h3-13,21,27H,1-2H3,(H,24,28). The zero-order chi connectivity index (χ0) is 21.1. The van der Waals surface area contributed by atoms with Gasteiger partial charge < -0.3 is 19.9 Å². The van der Waals surface area contributed by atoms with Crippen LogP contribution < -0.4 is 14.8 Å². The second-order valence-corrected chi connectivity index (χ2v) is 6.55. The number of anilines is 1. The molecule has 1 unspecified atom stereocenters. The van der Waals surface area contributed by atoms with Crippen molar-refractivity contribution < 1.29 is 19.4 Å². The molecule has 4 rings (SSSR count). The fourth-order valence-electron chi connectivity index (χ4n) is 3.10. The Balaban J connectivity index is 1.49. The van der Waals surface area contributed by atoms with Crippen molar-refractivity contribution >= 4 is 17.2 Å². The lowest BCUT2D eigenvalue weighted by Gasteiger charge is -2.15. The first kappa shape index (κ1) is 19.4. The molecule has 152 valence electrons. The maximum Gasteiger partial charge on any atom is 0.276 e. The van der Waals surface area contributed by atoms with Gasteiger partial charge in [0, 0.05) is 24.1 Å². The van der Waals surface area contributed by atoms with Crippen LogP contribution in [-0.4, -0.2) is 39.8 Å². The first-order chi connectivity index (χ1) is 14.6. The maximum absolute atomic E-state index is 12.5. The summed E-state index contributed by atoms with van der Waals surface area (Å²) in [6.07, 6.45) is 2.52. The Morgan fingerprint density at radius 2 is 1.77 bits per heavy atom. The van der Waals surface area contributed by atoms with E-state index in [1.807, 2.05) is 0 Å². The Bertz CT molecular complexity index is 1150. The van der Waals surface area contributed by atoms with Gasteiger partial charge >= 0.3 is 0 Å². The average molecular weight is 404 g/mol. The molecule has 0 aliphatic rings. The van der Waals surface area contributed by atoms with E-state index in [2.05, 4.69) is 15.4 Å². The Morgan fingerprint density at radius 1 is 1.03 bits per heavy atom. The van der Waals surface area contributed by atoms with Gasteiger partial charge in [-0.3, -0.25) is 4.79 Å². The Morgan fingerprint density at radius 3 is 2.47 bits per heavy atom. The second kappa shape index (κ2) is 8.22. The van der Waals surface area contributed by atoms with Crippen LogP contribution in [0.4, 0.5) is 5.69 Å². The molecule has 2 heterocycles. The Hall–Kier alpha value is -3.91. The summed E-state index contributed by atoms with van der Waals surface area (Å²) in [6, 6.07) is 15.6. The average Bonchev–Trinajstić information content (AvgIpc) is 3.23. The molecule has 0 fully saturated rings. The number of aromatic nitrogens is 3. The number of hydrogen-bond acceptors (Lipinski definition) is 6. The van der Waals surface area contributed by atoms with Crippen LogP contribution in [0.15, 0.2) is 67.0 Å². The number of nitrogens with one attached hydrogen (secondary N) is 1. The number of carbonyl (C=O) groups is 1. The predicted octanol–water partition coefficient (Wildman–Crippen LogP) is 3.08. The molecule has 0 saturated carbocycles. The molecule has 4 aromatic rings. The van der Waals surface area contributed by atoms with Gasteiger partial charge in [-0.25, -0.2) is 9.50 Å². The lowest BCUT2D eigenvalue weighted by Crippen LogP contribution is -2.12. The summed E-state index contributed by atoms with van der Waals surface area (Å²) < 4.78 is 12.1. The van der Waals surface area contributed by atoms with Gasteiger partial charge in [0.1, 0.15) is 6.10 Å². The highest BCUT2D eigenvalue weighted by Crippen LogP contribution is 2.32. The lowest BCUT2D eigenvalue weighted by molar-refractivity contribution is 0.102. The van der Waals surface area contributed by atoms with Crippen LogP contribution >= 0.6 is 0 Å². The van der Waals surface area contributed by atoms with Gasteiger partial charge in [-0.05, 0) is 41.5 Å². The van der Waals surface area contributed by atoms with Crippen LogP contribution in [0.1, 0.15) is 27.7 Å². The second-order valence-electron chi connectivity index (χ2n) is 6.55. The van der Waals surface area contributed by atoms with E-state index in [1.54, 1.807) is 81.2 Å². The van der Waals surface area contributed by atoms with Gasteiger partial charge in [0.15, 0.2) is 22.8 Å². The van der Waals surface area contributed by atoms with Crippen molar-refractivity contribution in [2.75, 3.05) is 19.5 Å². The molecule has 1 amide bonds. The van der Waals surface area contributed by atoms with Crippen molar-refractivity contribution in [3.05, 3.63) is 83.8 Å². The van der Waals surface area contributed by atoms with E-state index in [1.165, 1.54) is 4.52 Å². The minimum atomic E-state index is -0.848. The van der Waals surface area contributed by atoms with E-state index in [0.717, 1.165) is 0 Å². The normalized spacial score (nSPS) is 11.8. The third kappa shape index (κ3) is 3.81. The van der Waals surface area contributed by atoms with E-state index in [-0.39, 0.29) is 11.6 Å². The maximum atomic E-state index is 12.5. The summed E-state index contributed by atoms with van der Waals surface area (Å²) in [5, 5.41) is 17.7. The molecule has 2 aromatic heterocycles. The van der Waals surface area contributed by atoms with Crippen molar-refractivity contribution in [2.45, 2.75) is 6.10 Å². The molecule has 8 nitrogen and oxygen atoms in total. The lowest BCUT2D eigenvalue weighted by atomic mass is 10.0. The summed E-state index contributed by atoms with van der Waals surface area (Å²) in [7, 11) is 3.11. The third-order valence-electron chi connectivity index (χ3n) is 4.68. The molecule has 1 atom stereocenters. The van der Waals surface area contributed by atoms with Gasteiger partial charge in [-0.2, -0.15) is 5.10 Å². The summed E-state index contributed by atoms with van der Waals surface area (Å²) in [5.41, 5.74) is 2.80. The number of rotatable bonds is 6. The highest BCUT2D eigenvalue weighted by atomic mass is 16.5. The number of benzene rings is 2. The van der Waals surface area contributed by atoms with Crippen LogP contribution in [0.5, 0.6) is 11.5 Å². The molecule has 0 aliphatic carbocycles. The van der Waals surface area contributed by atoms with E-state index in [0.29, 0.717) is 34.0 Å². The molecule has 0 bridgehead atoms. The summed E-state index contributed by atoms with van der Waals surface area (Å²) in [4.78, 5) is 16.6. The number of carbonyl (C=O) groups excluding carboxylic acids is 1. The minimum Gasteiger partial charge on any atom is -0.493 e. The van der Waals surface area contributed by atoms with Crippen molar-refractivity contribution in [1.29, 1.82) is 0 Å². The highest BCUT2D eigenvalue weighted by molar-refractivity contribution is 6.03. The monoisotopic (exact) mass is 404 g/mol. The number of aliphatic hydroxyl groups is 1. The van der Waals surface area contributed by atoms with Crippen molar-refractivity contribution in [2.24, 2.45) is 0 Å². The van der Waals surface area contributed by atoms with Gasteiger partial charge in [0.2, 0.25) is 0 Å². The van der Waals surface area contributed by atoms with E-state index < -0.39 is 6.10 Å². The number of nitrogens with zero attached hydrogens (tertiary/aromatic N) is 3.